The van der Waals surface area contributed by atoms with Gasteiger partial charge >= 0.3 is 0 Å². The number of benzene rings is 1. The van der Waals surface area contributed by atoms with Crippen molar-refractivity contribution in [2.24, 2.45) is 17.8 Å². The summed E-state index contributed by atoms with van der Waals surface area (Å²) in [5, 5.41) is 0.693. The lowest BCUT2D eigenvalue weighted by molar-refractivity contribution is 0.487. The van der Waals surface area contributed by atoms with Gasteiger partial charge in [-0.25, -0.2) is 9.98 Å². The number of guanidine groups is 1. The molecule has 0 aliphatic heterocycles. The number of hydrogen-bond donors (Lipinski definition) is 1. The lowest BCUT2D eigenvalue weighted by atomic mass is 10.3. The van der Waals surface area contributed by atoms with E-state index in [4.69, 9.17) is 17.3 Å². The topological polar surface area (TPSA) is 59.4 Å². The molecule has 2 aromatic rings. The van der Waals surface area contributed by atoms with Crippen molar-refractivity contribution in [2.75, 3.05) is 7.05 Å². The molecule has 0 saturated heterocycles. The van der Waals surface area contributed by atoms with Gasteiger partial charge in [0.05, 0.1) is 11.0 Å². The number of fused-ring (bicyclic) bond motifs is 1. The van der Waals surface area contributed by atoms with Gasteiger partial charge < -0.3 is 15.2 Å². The van der Waals surface area contributed by atoms with Gasteiger partial charge in [0.2, 0.25) is 0 Å². The Morgan fingerprint density at radius 3 is 2.90 bits per heavy atom. The number of nitrogens with zero attached hydrogens (tertiary/aromatic N) is 4. The molecule has 1 heterocycles. The SMILES string of the molecule is CN(C(N)=NCc1nc2cc(Cl)ccc2n1C)C1CC1.I. The van der Waals surface area contributed by atoms with Gasteiger partial charge in [-0.15, -0.1) is 24.0 Å². The quantitative estimate of drug-likeness (QED) is 0.473. The Morgan fingerprint density at radius 2 is 2.24 bits per heavy atom. The summed E-state index contributed by atoms with van der Waals surface area (Å²) in [4.78, 5) is 11.0. The summed E-state index contributed by atoms with van der Waals surface area (Å²) >= 11 is 5.99. The number of hydrogen-bond acceptors (Lipinski definition) is 2. The molecule has 5 nitrogen and oxygen atoms in total. The average molecular weight is 420 g/mol. The second-order valence-corrected chi connectivity index (χ2v) is 5.67. The van der Waals surface area contributed by atoms with Crippen LogP contribution in [0.4, 0.5) is 0 Å². The third-order valence-corrected chi connectivity index (χ3v) is 4.01. The lowest BCUT2D eigenvalue weighted by Gasteiger charge is -2.16. The first kappa shape index (κ1) is 16.4. The molecule has 0 bridgehead atoms. The molecule has 7 heteroatoms. The van der Waals surface area contributed by atoms with Gasteiger partial charge in [0.25, 0.3) is 0 Å². The monoisotopic (exact) mass is 419 g/mol. The molecular formula is C14H19ClIN5. The lowest BCUT2D eigenvalue weighted by Crippen LogP contribution is -2.35. The molecule has 1 aromatic heterocycles. The first-order chi connectivity index (χ1) is 9.56. The second-order valence-electron chi connectivity index (χ2n) is 5.24. The van der Waals surface area contributed by atoms with Crippen LogP contribution in [0.5, 0.6) is 0 Å². The molecule has 1 aliphatic carbocycles. The first-order valence-electron chi connectivity index (χ1n) is 6.70. The normalized spacial score (nSPS) is 15.1. The van der Waals surface area contributed by atoms with Crippen LogP contribution in [0.15, 0.2) is 23.2 Å². The summed E-state index contributed by atoms with van der Waals surface area (Å²) in [6.45, 7) is 0.478. The van der Waals surface area contributed by atoms with E-state index in [9.17, 15) is 0 Å². The number of aromatic nitrogens is 2. The van der Waals surface area contributed by atoms with Crippen molar-refractivity contribution in [3.63, 3.8) is 0 Å². The molecule has 1 saturated carbocycles. The summed E-state index contributed by atoms with van der Waals surface area (Å²) in [6.07, 6.45) is 2.41. The molecule has 0 radical (unpaired) electrons. The Kier molecular flexibility index (Phi) is 4.98. The number of rotatable bonds is 3. The molecule has 114 valence electrons. The highest BCUT2D eigenvalue weighted by atomic mass is 127. The van der Waals surface area contributed by atoms with Crippen molar-refractivity contribution in [1.82, 2.24) is 14.5 Å². The molecule has 0 unspecified atom stereocenters. The van der Waals surface area contributed by atoms with Gasteiger partial charge in [0.1, 0.15) is 12.4 Å². The van der Waals surface area contributed by atoms with Gasteiger partial charge in [-0.05, 0) is 31.0 Å². The maximum absolute atomic E-state index is 5.99. The van der Waals surface area contributed by atoms with Crippen LogP contribution in [0.3, 0.4) is 0 Å². The van der Waals surface area contributed by atoms with Crippen LogP contribution in [0.1, 0.15) is 18.7 Å². The van der Waals surface area contributed by atoms with E-state index in [1.54, 1.807) is 0 Å². The maximum atomic E-state index is 5.99. The van der Waals surface area contributed by atoms with Gasteiger partial charge in [0.15, 0.2) is 5.96 Å². The van der Waals surface area contributed by atoms with E-state index < -0.39 is 0 Å². The zero-order valence-electron chi connectivity index (χ0n) is 12.1. The summed E-state index contributed by atoms with van der Waals surface area (Å²) < 4.78 is 2.03. The largest absolute Gasteiger partial charge is 0.370 e. The smallest absolute Gasteiger partial charge is 0.191 e. The minimum Gasteiger partial charge on any atom is -0.370 e. The van der Waals surface area contributed by atoms with Crippen LogP contribution in [0.25, 0.3) is 11.0 Å². The van der Waals surface area contributed by atoms with Crippen molar-refractivity contribution in [3.8, 4) is 0 Å². The van der Waals surface area contributed by atoms with Crippen LogP contribution in [-0.2, 0) is 13.6 Å². The van der Waals surface area contributed by atoms with E-state index in [0.717, 1.165) is 16.9 Å². The predicted molar refractivity (Wildman–Crippen MR) is 97.3 cm³/mol. The molecule has 3 rings (SSSR count). The van der Waals surface area contributed by atoms with E-state index in [2.05, 4.69) is 9.98 Å². The Morgan fingerprint density at radius 1 is 1.52 bits per heavy atom. The van der Waals surface area contributed by atoms with Crippen LogP contribution >= 0.6 is 35.6 Å². The second kappa shape index (κ2) is 6.39. The highest BCUT2D eigenvalue weighted by molar-refractivity contribution is 14.0. The predicted octanol–water partition coefficient (Wildman–Crippen LogP) is 2.75. The molecular weight excluding hydrogens is 401 g/mol. The Bertz CT molecular complexity index is 677. The van der Waals surface area contributed by atoms with E-state index in [-0.39, 0.29) is 24.0 Å². The zero-order valence-corrected chi connectivity index (χ0v) is 15.2. The van der Waals surface area contributed by atoms with Crippen LogP contribution in [0.2, 0.25) is 5.02 Å². The number of nitrogens with two attached hydrogens (primary N) is 1. The number of aryl methyl sites for hydroxylation is 1. The summed E-state index contributed by atoms with van der Waals surface area (Å²) in [6, 6.07) is 6.27. The third-order valence-electron chi connectivity index (χ3n) is 3.77. The number of imidazole rings is 1. The van der Waals surface area contributed by atoms with E-state index in [0.29, 0.717) is 23.6 Å². The van der Waals surface area contributed by atoms with Crippen molar-refractivity contribution in [2.45, 2.75) is 25.4 Å². The van der Waals surface area contributed by atoms with Gasteiger partial charge in [-0.1, -0.05) is 11.6 Å². The van der Waals surface area contributed by atoms with Crippen LogP contribution in [-0.4, -0.2) is 33.5 Å². The molecule has 2 N–H and O–H groups in total. The summed E-state index contributed by atoms with van der Waals surface area (Å²) in [5.41, 5.74) is 7.93. The first-order valence-corrected chi connectivity index (χ1v) is 7.07. The van der Waals surface area contributed by atoms with Crippen molar-refractivity contribution in [1.29, 1.82) is 0 Å². The highest BCUT2D eigenvalue weighted by Crippen LogP contribution is 2.25. The minimum atomic E-state index is 0. The van der Waals surface area contributed by atoms with Crippen molar-refractivity contribution >= 4 is 52.6 Å². The van der Waals surface area contributed by atoms with Crippen LogP contribution in [0, 0.1) is 0 Å². The summed E-state index contributed by atoms with van der Waals surface area (Å²) in [7, 11) is 3.97. The van der Waals surface area contributed by atoms with Gasteiger partial charge in [0, 0.05) is 25.2 Å². The van der Waals surface area contributed by atoms with E-state index >= 15 is 0 Å². The standard InChI is InChI=1S/C14H18ClN5.HI/c1-19(10-4-5-10)14(16)17-8-13-18-11-7-9(15)3-6-12(11)20(13)2;/h3,6-7,10H,4-5,8H2,1-2H3,(H2,16,17);1H. The fraction of sp³-hybridized carbons (Fsp3) is 0.429. The molecule has 0 atom stereocenters. The van der Waals surface area contributed by atoms with Crippen LogP contribution < -0.4 is 5.73 Å². The summed E-state index contributed by atoms with van der Waals surface area (Å²) in [5.74, 6) is 1.46. The highest BCUT2D eigenvalue weighted by Gasteiger charge is 2.27. The number of halogens is 2. The van der Waals surface area contributed by atoms with E-state index in [1.165, 1.54) is 12.8 Å². The molecule has 1 aromatic carbocycles. The zero-order chi connectivity index (χ0) is 14.3. The third kappa shape index (κ3) is 3.42. The van der Waals surface area contributed by atoms with E-state index in [1.807, 2.05) is 41.8 Å². The Hall–Kier alpha value is -1.02. The van der Waals surface area contributed by atoms with Crippen molar-refractivity contribution < 1.29 is 0 Å². The van der Waals surface area contributed by atoms with Gasteiger partial charge in [-0.2, -0.15) is 0 Å². The fourth-order valence-corrected chi connectivity index (χ4v) is 2.44. The van der Waals surface area contributed by atoms with Gasteiger partial charge in [-0.3, -0.25) is 0 Å². The van der Waals surface area contributed by atoms with Crippen molar-refractivity contribution in [3.05, 3.63) is 29.0 Å². The molecule has 1 aliphatic rings. The number of aliphatic imine (C=N–C) groups is 1. The maximum Gasteiger partial charge on any atom is 0.191 e. The molecule has 0 spiro atoms. The molecule has 0 amide bonds. The Balaban J connectivity index is 0.00000161. The fourth-order valence-electron chi connectivity index (χ4n) is 2.28. The average Bonchev–Trinajstić information content (AvgIpc) is 3.22. The molecule has 1 fully saturated rings. The minimum absolute atomic E-state index is 0. The molecule has 21 heavy (non-hydrogen) atoms. The Labute approximate surface area is 146 Å².